The Labute approximate surface area is 111 Å². The van der Waals surface area contributed by atoms with Gasteiger partial charge in [-0.05, 0) is 43.6 Å². The van der Waals surface area contributed by atoms with E-state index >= 15 is 0 Å². The van der Waals surface area contributed by atoms with Gasteiger partial charge in [-0.25, -0.2) is 0 Å². The molecule has 1 saturated heterocycles. The molecule has 0 aromatic heterocycles. The second-order valence-electron chi connectivity index (χ2n) is 7.40. The van der Waals surface area contributed by atoms with Gasteiger partial charge in [0, 0.05) is 12.6 Å². The zero-order chi connectivity index (χ0) is 13.6. The number of carboxylic acids is 1. The van der Waals surface area contributed by atoms with Gasteiger partial charge in [-0.15, -0.1) is 0 Å². The van der Waals surface area contributed by atoms with Crippen LogP contribution in [0.4, 0.5) is 0 Å². The molecule has 0 bridgehead atoms. The summed E-state index contributed by atoms with van der Waals surface area (Å²) in [7, 11) is 0. The summed E-state index contributed by atoms with van der Waals surface area (Å²) >= 11 is 0. The molecule has 0 amide bonds. The molecule has 1 aliphatic heterocycles. The van der Waals surface area contributed by atoms with Gasteiger partial charge in [0.1, 0.15) is 0 Å². The van der Waals surface area contributed by atoms with E-state index in [4.69, 9.17) is 0 Å². The SMILES string of the molecule is CC(C)C1(C(=O)O)CCN(C2CCC(C)(C)C2)C1. The van der Waals surface area contributed by atoms with Crippen LogP contribution in [0.5, 0.6) is 0 Å². The van der Waals surface area contributed by atoms with Crippen molar-refractivity contribution in [3.8, 4) is 0 Å². The van der Waals surface area contributed by atoms with Crippen molar-refractivity contribution in [3.63, 3.8) is 0 Å². The predicted molar refractivity (Wildman–Crippen MR) is 72.5 cm³/mol. The van der Waals surface area contributed by atoms with Crippen LogP contribution >= 0.6 is 0 Å². The molecule has 2 aliphatic rings. The van der Waals surface area contributed by atoms with Crippen molar-refractivity contribution in [2.45, 2.75) is 59.4 Å². The quantitative estimate of drug-likeness (QED) is 0.840. The van der Waals surface area contributed by atoms with Crippen molar-refractivity contribution < 1.29 is 9.90 Å². The first-order chi connectivity index (χ1) is 8.27. The summed E-state index contributed by atoms with van der Waals surface area (Å²) in [5.74, 6) is -0.383. The van der Waals surface area contributed by atoms with E-state index in [9.17, 15) is 9.90 Å². The molecule has 3 heteroatoms. The van der Waals surface area contributed by atoms with E-state index in [1.54, 1.807) is 0 Å². The second kappa shape index (κ2) is 4.52. The minimum Gasteiger partial charge on any atom is -0.481 e. The molecule has 2 rings (SSSR count). The van der Waals surface area contributed by atoms with Crippen LogP contribution in [-0.4, -0.2) is 35.1 Å². The van der Waals surface area contributed by atoms with Crippen LogP contribution in [0.1, 0.15) is 53.4 Å². The molecule has 2 unspecified atom stereocenters. The van der Waals surface area contributed by atoms with Gasteiger partial charge >= 0.3 is 5.97 Å². The van der Waals surface area contributed by atoms with Crippen LogP contribution in [0.15, 0.2) is 0 Å². The Bertz CT molecular complexity index is 337. The fourth-order valence-corrected chi connectivity index (χ4v) is 3.78. The van der Waals surface area contributed by atoms with Crippen molar-refractivity contribution in [1.29, 1.82) is 0 Å². The molecule has 1 heterocycles. The van der Waals surface area contributed by atoms with E-state index in [0.717, 1.165) is 19.5 Å². The highest BCUT2D eigenvalue weighted by Crippen LogP contribution is 2.44. The van der Waals surface area contributed by atoms with E-state index in [1.165, 1.54) is 19.3 Å². The summed E-state index contributed by atoms with van der Waals surface area (Å²) in [6, 6.07) is 0.611. The number of rotatable bonds is 3. The minimum atomic E-state index is -0.600. The third-order valence-corrected chi connectivity index (χ3v) is 5.32. The molecule has 0 spiro atoms. The zero-order valence-corrected chi connectivity index (χ0v) is 12.2. The second-order valence-corrected chi connectivity index (χ2v) is 7.40. The van der Waals surface area contributed by atoms with E-state index in [-0.39, 0.29) is 5.92 Å². The van der Waals surface area contributed by atoms with Crippen molar-refractivity contribution in [3.05, 3.63) is 0 Å². The van der Waals surface area contributed by atoms with Gasteiger partial charge in [0.2, 0.25) is 0 Å². The molecular formula is C15H27NO2. The lowest BCUT2D eigenvalue weighted by Gasteiger charge is -2.31. The Kier molecular flexibility index (Phi) is 3.48. The third kappa shape index (κ3) is 2.29. The highest BCUT2D eigenvalue weighted by atomic mass is 16.4. The van der Waals surface area contributed by atoms with E-state index in [0.29, 0.717) is 11.5 Å². The Morgan fingerprint density at radius 3 is 2.39 bits per heavy atom. The van der Waals surface area contributed by atoms with Crippen LogP contribution in [-0.2, 0) is 4.79 Å². The maximum Gasteiger partial charge on any atom is 0.311 e. The molecule has 104 valence electrons. The van der Waals surface area contributed by atoms with Crippen LogP contribution in [0.3, 0.4) is 0 Å². The van der Waals surface area contributed by atoms with Gasteiger partial charge in [0.05, 0.1) is 5.41 Å². The molecular weight excluding hydrogens is 226 g/mol. The molecule has 0 aromatic rings. The molecule has 1 N–H and O–H groups in total. The van der Waals surface area contributed by atoms with Gasteiger partial charge in [0.15, 0.2) is 0 Å². The molecule has 3 nitrogen and oxygen atoms in total. The Balaban J connectivity index is 2.06. The van der Waals surface area contributed by atoms with Crippen molar-refractivity contribution >= 4 is 5.97 Å². The monoisotopic (exact) mass is 253 g/mol. The Hall–Kier alpha value is -0.570. The number of nitrogens with zero attached hydrogens (tertiary/aromatic N) is 1. The van der Waals surface area contributed by atoms with Crippen LogP contribution in [0, 0.1) is 16.7 Å². The highest BCUT2D eigenvalue weighted by Gasteiger charge is 2.49. The lowest BCUT2D eigenvalue weighted by molar-refractivity contribution is -0.151. The summed E-state index contributed by atoms with van der Waals surface area (Å²) < 4.78 is 0. The molecule has 18 heavy (non-hydrogen) atoms. The summed E-state index contributed by atoms with van der Waals surface area (Å²) in [6.45, 7) is 10.5. The van der Waals surface area contributed by atoms with Crippen molar-refractivity contribution in [2.75, 3.05) is 13.1 Å². The van der Waals surface area contributed by atoms with Crippen LogP contribution in [0.2, 0.25) is 0 Å². The molecule has 0 aromatic carbocycles. The summed E-state index contributed by atoms with van der Waals surface area (Å²) in [5, 5.41) is 9.57. The fourth-order valence-electron chi connectivity index (χ4n) is 3.78. The largest absolute Gasteiger partial charge is 0.481 e. The van der Waals surface area contributed by atoms with Crippen LogP contribution < -0.4 is 0 Å². The summed E-state index contributed by atoms with van der Waals surface area (Å²) in [5.41, 5.74) is -0.0658. The minimum absolute atomic E-state index is 0.217. The lowest BCUT2D eigenvalue weighted by atomic mass is 9.76. The highest BCUT2D eigenvalue weighted by molar-refractivity contribution is 5.75. The van der Waals surface area contributed by atoms with Crippen LogP contribution in [0.25, 0.3) is 0 Å². The number of aliphatic carboxylic acids is 1. The topological polar surface area (TPSA) is 40.5 Å². The maximum atomic E-state index is 11.6. The van der Waals surface area contributed by atoms with Crippen molar-refractivity contribution in [1.82, 2.24) is 4.90 Å². The fraction of sp³-hybridized carbons (Fsp3) is 0.933. The average Bonchev–Trinajstić information content (AvgIpc) is 2.81. The van der Waals surface area contributed by atoms with Crippen molar-refractivity contribution in [2.24, 2.45) is 16.7 Å². The molecule has 0 radical (unpaired) electrons. The molecule has 2 atom stereocenters. The predicted octanol–water partition coefficient (Wildman–Crippen LogP) is 3.00. The maximum absolute atomic E-state index is 11.6. The zero-order valence-electron chi connectivity index (χ0n) is 12.2. The number of carboxylic acid groups (broad SMARTS) is 1. The average molecular weight is 253 g/mol. The summed E-state index contributed by atoms with van der Waals surface area (Å²) in [4.78, 5) is 14.1. The first kappa shape index (κ1) is 13.9. The third-order valence-electron chi connectivity index (χ3n) is 5.32. The van der Waals surface area contributed by atoms with E-state index in [1.807, 2.05) is 0 Å². The first-order valence-corrected chi connectivity index (χ1v) is 7.24. The Morgan fingerprint density at radius 1 is 1.33 bits per heavy atom. The standard InChI is InChI=1S/C15H27NO2/c1-11(2)15(13(17)18)7-8-16(10-15)12-5-6-14(3,4)9-12/h11-12H,5-10H2,1-4H3,(H,17,18). The lowest BCUT2D eigenvalue weighted by Crippen LogP contribution is -2.41. The van der Waals surface area contributed by atoms with Gasteiger partial charge in [-0.2, -0.15) is 0 Å². The number of hydrogen-bond acceptors (Lipinski definition) is 2. The van der Waals surface area contributed by atoms with Gasteiger partial charge in [0.25, 0.3) is 0 Å². The number of carbonyl (C=O) groups is 1. The Morgan fingerprint density at radius 2 is 2.00 bits per heavy atom. The molecule has 2 fully saturated rings. The summed E-state index contributed by atoms with van der Waals surface area (Å²) in [6.07, 6.45) is 4.55. The van der Waals surface area contributed by atoms with E-state index in [2.05, 4.69) is 32.6 Å². The normalized spacial score (nSPS) is 36.4. The first-order valence-electron chi connectivity index (χ1n) is 7.24. The van der Waals surface area contributed by atoms with Gasteiger partial charge in [-0.1, -0.05) is 27.7 Å². The molecule has 1 saturated carbocycles. The van der Waals surface area contributed by atoms with Gasteiger partial charge < -0.3 is 5.11 Å². The molecule has 1 aliphatic carbocycles. The number of likely N-dealkylation sites (tertiary alicyclic amines) is 1. The van der Waals surface area contributed by atoms with Gasteiger partial charge in [-0.3, -0.25) is 9.69 Å². The van der Waals surface area contributed by atoms with E-state index < -0.39 is 11.4 Å². The smallest absolute Gasteiger partial charge is 0.311 e. The number of hydrogen-bond donors (Lipinski definition) is 1.